The van der Waals surface area contributed by atoms with Gasteiger partial charge in [-0.1, -0.05) is 32.9 Å². The summed E-state index contributed by atoms with van der Waals surface area (Å²) in [6.45, 7) is 6.84. The number of hydrogen-bond acceptors (Lipinski definition) is 5. The van der Waals surface area contributed by atoms with Crippen molar-refractivity contribution in [3.63, 3.8) is 0 Å². The molecule has 1 saturated heterocycles. The summed E-state index contributed by atoms with van der Waals surface area (Å²) in [4.78, 5) is 44.4. The van der Waals surface area contributed by atoms with Gasteiger partial charge in [0.2, 0.25) is 11.8 Å². The van der Waals surface area contributed by atoms with E-state index in [-0.39, 0.29) is 35.2 Å². The van der Waals surface area contributed by atoms with Crippen LogP contribution in [0, 0.1) is 11.8 Å². The van der Waals surface area contributed by atoms with Crippen molar-refractivity contribution in [2.24, 2.45) is 11.8 Å². The third-order valence-electron chi connectivity index (χ3n) is 3.75. The summed E-state index contributed by atoms with van der Waals surface area (Å²) in [7, 11) is 0. The van der Waals surface area contributed by atoms with Crippen LogP contribution in [0.2, 0.25) is 0 Å². The van der Waals surface area contributed by atoms with Crippen LogP contribution < -0.4 is 11.1 Å². The quantitative estimate of drug-likeness (QED) is 0.502. The number of imide groups is 1. The van der Waals surface area contributed by atoms with Gasteiger partial charge in [0, 0.05) is 29.5 Å². The third kappa shape index (κ3) is 5.01. The molecular formula is C18H24N2O4. The topological polar surface area (TPSA) is 106 Å². The van der Waals surface area contributed by atoms with Gasteiger partial charge in [0.1, 0.15) is 0 Å². The van der Waals surface area contributed by atoms with Crippen LogP contribution in [0.4, 0.5) is 5.69 Å². The SMILES string of the molecule is CC(=O)c1c(N)cccc1C(=O)C(C)C.CC1CCC(=O)NC1=O. The number of carbonyl (C=O) groups is 4. The second-order valence-corrected chi connectivity index (χ2v) is 6.20. The van der Waals surface area contributed by atoms with Crippen LogP contribution in [-0.2, 0) is 9.59 Å². The first-order chi connectivity index (χ1) is 11.1. The molecule has 1 aromatic rings. The van der Waals surface area contributed by atoms with Crippen molar-refractivity contribution in [3.05, 3.63) is 29.3 Å². The molecule has 24 heavy (non-hydrogen) atoms. The molecule has 0 aliphatic carbocycles. The number of benzene rings is 1. The zero-order valence-corrected chi connectivity index (χ0v) is 14.5. The van der Waals surface area contributed by atoms with E-state index in [1.807, 2.05) is 6.92 Å². The van der Waals surface area contributed by atoms with Crippen molar-refractivity contribution in [2.75, 3.05) is 5.73 Å². The van der Waals surface area contributed by atoms with Gasteiger partial charge in [-0.15, -0.1) is 0 Å². The minimum Gasteiger partial charge on any atom is -0.398 e. The second kappa shape index (κ2) is 8.38. The lowest BCUT2D eigenvalue weighted by molar-refractivity contribution is -0.135. The number of rotatable bonds is 3. The molecule has 1 unspecified atom stereocenters. The lowest BCUT2D eigenvalue weighted by Crippen LogP contribution is -2.39. The van der Waals surface area contributed by atoms with E-state index in [0.717, 1.165) is 0 Å². The maximum atomic E-state index is 11.8. The normalized spacial score (nSPS) is 17.0. The van der Waals surface area contributed by atoms with Crippen molar-refractivity contribution < 1.29 is 19.2 Å². The Hall–Kier alpha value is -2.50. The number of carbonyl (C=O) groups excluding carboxylic acids is 4. The van der Waals surface area contributed by atoms with Crippen molar-refractivity contribution in [1.29, 1.82) is 0 Å². The molecule has 2 amide bonds. The summed E-state index contributed by atoms with van der Waals surface area (Å²) in [5.74, 6) is -0.610. The lowest BCUT2D eigenvalue weighted by Gasteiger charge is -2.15. The highest BCUT2D eigenvalue weighted by atomic mass is 16.2. The maximum absolute atomic E-state index is 11.8. The Morgan fingerprint density at radius 2 is 1.88 bits per heavy atom. The summed E-state index contributed by atoms with van der Waals surface area (Å²) in [6, 6.07) is 4.97. The standard InChI is InChI=1S/C12H15NO2.C6H9NO2/c1-7(2)12(15)9-5-4-6-10(13)11(9)8(3)14;1-4-2-3-5(8)7-6(4)9/h4-7H,13H2,1-3H3;4H,2-3H2,1H3,(H,7,8,9). The van der Waals surface area contributed by atoms with E-state index in [4.69, 9.17) is 5.73 Å². The highest BCUT2D eigenvalue weighted by Crippen LogP contribution is 2.20. The highest BCUT2D eigenvalue weighted by molar-refractivity contribution is 6.11. The molecular weight excluding hydrogens is 308 g/mol. The van der Waals surface area contributed by atoms with Crippen LogP contribution in [0.25, 0.3) is 0 Å². The van der Waals surface area contributed by atoms with Gasteiger partial charge in [0.05, 0.1) is 5.56 Å². The van der Waals surface area contributed by atoms with Gasteiger partial charge in [0.25, 0.3) is 0 Å². The van der Waals surface area contributed by atoms with Crippen LogP contribution in [0.1, 0.15) is 61.3 Å². The van der Waals surface area contributed by atoms with Crippen molar-refractivity contribution >= 4 is 29.1 Å². The molecule has 1 aromatic carbocycles. The van der Waals surface area contributed by atoms with Crippen molar-refractivity contribution in [1.82, 2.24) is 5.32 Å². The average molecular weight is 332 g/mol. The smallest absolute Gasteiger partial charge is 0.229 e. The van der Waals surface area contributed by atoms with E-state index in [0.29, 0.717) is 29.7 Å². The predicted octanol–water partition coefficient (Wildman–Crippen LogP) is 2.37. The van der Waals surface area contributed by atoms with Crippen molar-refractivity contribution in [3.8, 4) is 0 Å². The maximum Gasteiger partial charge on any atom is 0.229 e. The summed E-state index contributed by atoms with van der Waals surface area (Å²) >= 11 is 0. The number of hydrogen-bond donors (Lipinski definition) is 2. The molecule has 1 aliphatic rings. The first-order valence-electron chi connectivity index (χ1n) is 7.92. The van der Waals surface area contributed by atoms with Gasteiger partial charge in [0.15, 0.2) is 11.6 Å². The Morgan fingerprint density at radius 3 is 2.33 bits per heavy atom. The Labute approximate surface area is 141 Å². The van der Waals surface area contributed by atoms with Gasteiger partial charge in [-0.2, -0.15) is 0 Å². The second-order valence-electron chi connectivity index (χ2n) is 6.20. The average Bonchev–Trinajstić information content (AvgIpc) is 2.50. The van der Waals surface area contributed by atoms with Gasteiger partial charge < -0.3 is 5.73 Å². The minimum absolute atomic E-state index is 0.0164. The number of piperidine rings is 1. The van der Waals surface area contributed by atoms with Crippen LogP contribution in [0.5, 0.6) is 0 Å². The zero-order valence-electron chi connectivity index (χ0n) is 14.5. The summed E-state index contributed by atoms with van der Waals surface area (Å²) < 4.78 is 0. The van der Waals surface area contributed by atoms with E-state index in [9.17, 15) is 19.2 Å². The summed E-state index contributed by atoms with van der Waals surface area (Å²) in [5, 5.41) is 2.25. The largest absolute Gasteiger partial charge is 0.398 e. The molecule has 6 heteroatoms. The molecule has 1 atom stereocenters. The molecule has 1 heterocycles. The number of nitrogens with two attached hydrogens (primary N) is 1. The Bertz CT molecular complexity index is 665. The van der Waals surface area contributed by atoms with Crippen LogP contribution in [0.3, 0.4) is 0 Å². The Kier molecular flexibility index (Phi) is 6.82. The summed E-state index contributed by atoms with van der Waals surface area (Å²) in [6.07, 6.45) is 1.19. The van der Waals surface area contributed by atoms with E-state index >= 15 is 0 Å². The Balaban J connectivity index is 0.000000272. The van der Waals surface area contributed by atoms with Gasteiger partial charge >= 0.3 is 0 Å². The molecule has 3 N–H and O–H groups in total. The number of anilines is 1. The Morgan fingerprint density at radius 1 is 1.25 bits per heavy atom. The molecule has 2 rings (SSSR count). The van der Waals surface area contributed by atoms with E-state index < -0.39 is 0 Å². The fraction of sp³-hybridized carbons (Fsp3) is 0.444. The van der Waals surface area contributed by atoms with Crippen molar-refractivity contribution in [2.45, 2.75) is 40.5 Å². The van der Waals surface area contributed by atoms with E-state index in [1.165, 1.54) is 6.92 Å². The monoisotopic (exact) mass is 332 g/mol. The number of ketones is 2. The third-order valence-corrected chi connectivity index (χ3v) is 3.75. The highest BCUT2D eigenvalue weighted by Gasteiger charge is 2.21. The molecule has 0 aromatic heterocycles. The summed E-state index contributed by atoms with van der Waals surface area (Å²) in [5.41, 5.74) is 6.83. The molecule has 0 radical (unpaired) electrons. The number of amides is 2. The number of Topliss-reactive ketones (excluding diaryl/α,β-unsaturated/α-hetero) is 2. The lowest BCUT2D eigenvalue weighted by atomic mass is 9.93. The molecule has 1 fully saturated rings. The zero-order chi connectivity index (χ0) is 18.4. The van der Waals surface area contributed by atoms with Crippen LogP contribution in [0.15, 0.2) is 18.2 Å². The fourth-order valence-electron chi connectivity index (χ4n) is 2.28. The first kappa shape index (κ1) is 19.5. The number of nitrogens with one attached hydrogen (secondary N) is 1. The molecule has 1 aliphatic heterocycles. The first-order valence-corrected chi connectivity index (χ1v) is 7.92. The predicted molar refractivity (Wildman–Crippen MR) is 91.6 cm³/mol. The molecule has 0 spiro atoms. The van der Waals surface area contributed by atoms with Gasteiger partial charge in [-0.3, -0.25) is 24.5 Å². The number of nitrogen functional groups attached to an aromatic ring is 1. The van der Waals surface area contributed by atoms with Gasteiger partial charge in [-0.25, -0.2) is 0 Å². The van der Waals surface area contributed by atoms with Gasteiger partial charge in [-0.05, 0) is 19.4 Å². The van der Waals surface area contributed by atoms with E-state index in [1.54, 1.807) is 32.0 Å². The molecule has 0 bridgehead atoms. The molecule has 0 saturated carbocycles. The fourth-order valence-corrected chi connectivity index (χ4v) is 2.28. The van der Waals surface area contributed by atoms with E-state index in [2.05, 4.69) is 5.32 Å². The van der Waals surface area contributed by atoms with Crippen LogP contribution in [-0.4, -0.2) is 23.4 Å². The van der Waals surface area contributed by atoms with Crippen LogP contribution >= 0.6 is 0 Å². The minimum atomic E-state index is -0.169. The molecule has 6 nitrogen and oxygen atoms in total. The molecule has 130 valence electrons.